The van der Waals surface area contributed by atoms with Gasteiger partial charge in [-0.15, -0.1) is 0 Å². The van der Waals surface area contributed by atoms with Crippen molar-refractivity contribution >= 4 is 5.91 Å². The molecular weight excluding hydrogens is 248 g/mol. The zero-order valence-electron chi connectivity index (χ0n) is 12.8. The normalized spacial score (nSPS) is 17.6. The van der Waals surface area contributed by atoms with Crippen molar-refractivity contribution in [2.24, 2.45) is 11.8 Å². The van der Waals surface area contributed by atoms with Crippen LogP contribution in [-0.2, 0) is 11.3 Å². The lowest BCUT2D eigenvalue weighted by atomic mass is 10.1. The highest BCUT2D eigenvalue weighted by Gasteiger charge is 2.35. The first-order valence-electron chi connectivity index (χ1n) is 7.62. The Labute approximate surface area is 122 Å². The molecule has 1 aromatic carbocycles. The third-order valence-electron chi connectivity index (χ3n) is 4.21. The van der Waals surface area contributed by atoms with E-state index in [1.165, 1.54) is 18.4 Å². The number of benzene rings is 1. The van der Waals surface area contributed by atoms with Crippen molar-refractivity contribution in [1.82, 2.24) is 10.2 Å². The van der Waals surface area contributed by atoms with Crippen LogP contribution in [0.4, 0.5) is 0 Å². The molecule has 2 atom stereocenters. The molecule has 3 heteroatoms. The lowest BCUT2D eigenvalue weighted by Crippen LogP contribution is -2.44. The van der Waals surface area contributed by atoms with Crippen molar-refractivity contribution in [3.05, 3.63) is 35.9 Å². The highest BCUT2D eigenvalue weighted by atomic mass is 16.2. The van der Waals surface area contributed by atoms with E-state index >= 15 is 0 Å². The van der Waals surface area contributed by atoms with Gasteiger partial charge in [-0.05, 0) is 38.3 Å². The first-order valence-corrected chi connectivity index (χ1v) is 7.62. The van der Waals surface area contributed by atoms with E-state index in [1.54, 1.807) is 0 Å². The molecule has 2 unspecified atom stereocenters. The molecule has 1 fully saturated rings. The first kappa shape index (κ1) is 15.0. The van der Waals surface area contributed by atoms with Gasteiger partial charge in [0.2, 0.25) is 5.91 Å². The van der Waals surface area contributed by atoms with Gasteiger partial charge in [0.15, 0.2) is 0 Å². The summed E-state index contributed by atoms with van der Waals surface area (Å²) in [5.41, 5.74) is 1.21. The zero-order valence-corrected chi connectivity index (χ0v) is 12.8. The maximum absolute atomic E-state index is 12.7. The number of nitrogens with one attached hydrogen (secondary N) is 1. The molecule has 1 saturated carbocycles. The molecule has 0 bridgehead atoms. The van der Waals surface area contributed by atoms with Crippen molar-refractivity contribution in [1.29, 1.82) is 0 Å². The Bertz CT molecular complexity index is 428. The molecule has 2 rings (SSSR count). The van der Waals surface area contributed by atoms with E-state index in [2.05, 4.69) is 29.3 Å². The lowest BCUT2D eigenvalue weighted by molar-refractivity contribution is -0.138. The Morgan fingerprint density at radius 1 is 1.30 bits per heavy atom. The third kappa shape index (κ3) is 3.83. The smallest absolute Gasteiger partial charge is 0.227 e. The topological polar surface area (TPSA) is 32.3 Å². The van der Waals surface area contributed by atoms with Crippen LogP contribution in [0.25, 0.3) is 0 Å². The maximum Gasteiger partial charge on any atom is 0.227 e. The van der Waals surface area contributed by atoms with Crippen LogP contribution in [0.3, 0.4) is 0 Å². The predicted octanol–water partition coefficient (Wildman–Crippen LogP) is 2.67. The number of carbonyl (C=O) groups excluding carboxylic acids is 1. The monoisotopic (exact) mass is 274 g/mol. The van der Waals surface area contributed by atoms with Crippen LogP contribution >= 0.6 is 0 Å². The molecule has 110 valence electrons. The molecule has 20 heavy (non-hydrogen) atoms. The van der Waals surface area contributed by atoms with Gasteiger partial charge in [0.1, 0.15) is 0 Å². The van der Waals surface area contributed by atoms with Crippen LogP contribution in [0, 0.1) is 11.8 Å². The molecule has 0 radical (unpaired) electrons. The van der Waals surface area contributed by atoms with Crippen molar-refractivity contribution in [2.75, 3.05) is 13.6 Å². The van der Waals surface area contributed by atoms with Gasteiger partial charge >= 0.3 is 0 Å². The summed E-state index contributed by atoms with van der Waals surface area (Å²) < 4.78 is 0. The van der Waals surface area contributed by atoms with Crippen LogP contribution in [0.5, 0.6) is 0 Å². The largest absolute Gasteiger partial charge is 0.335 e. The molecule has 0 aliphatic heterocycles. The Hall–Kier alpha value is -1.35. The lowest BCUT2D eigenvalue weighted by Gasteiger charge is -2.32. The fourth-order valence-corrected chi connectivity index (χ4v) is 2.71. The number of amides is 1. The molecule has 1 amide bonds. The standard InChI is InChI=1S/C17H26N2O/c1-13(11-18-3)17(20)19(14(2)16-9-10-16)12-15-7-5-4-6-8-15/h4-8,13-14,16,18H,9-12H2,1-3H3. The van der Waals surface area contributed by atoms with Gasteiger partial charge in [-0.1, -0.05) is 37.3 Å². The van der Waals surface area contributed by atoms with Crippen LogP contribution in [0.15, 0.2) is 30.3 Å². The molecule has 1 N–H and O–H groups in total. The predicted molar refractivity (Wildman–Crippen MR) is 82.3 cm³/mol. The Kier molecular flexibility index (Phi) is 5.18. The summed E-state index contributed by atoms with van der Waals surface area (Å²) >= 11 is 0. The number of carbonyl (C=O) groups is 1. The SMILES string of the molecule is CNCC(C)C(=O)N(Cc1ccccc1)C(C)C1CC1. The van der Waals surface area contributed by atoms with E-state index in [0.29, 0.717) is 12.0 Å². The van der Waals surface area contributed by atoms with Gasteiger partial charge in [0.25, 0.3) is 0 Å². The summed E-state index contributed by atoms with van der Waals surface area (Å²) in [6.45, 7) is 5.67. The number of hydrogen-bond acceptors (Lipinski definition) is 2. The van der Waals surface area contributed by atoms with Crippen LogP contribution in [0.2, 0.25) is 0 Å². The van der Waals surface area contributed by atoms with E-state index in [4.69, 9.17) is 0 Å². The van der Waals surface area contributed by atoms with E-state index in [-0.39, 0.29) is 11.8 Å². The summed E-state index contributed by atoms with van der Waals surface area (Å²) in [6, 6.07) is 10.6. The first-order chi connectivity index (χ1) is 9.63. The average molecular weight is 274 g/mol. The molecular formula is C17H26N2O. The van der Waals surface area contributed by atoms with Gasteiger partial charge in [-0.25, -0.2) is 0 Å². The molecule has 3 nitrogen and oxygen atoms in total. The van der Waals surface area contributed by atoms with E-state index in [0.717, 1.165) is 13.1 Å². The van der Waals surface area contributed by atoms with Crippen molar-refractivity contribution in [3.8, 4) is 0 Å². The van der Waals surface area contributed by atoms with Crippen molar-refractivity contribution in [2.45, 2.75) is 39.3 Å². The summed E-state index contributed by atoms with van der Waals surface area (Å²) in [5.74, 6) is 0.997. The van der Waals surface area contributed by atoms with E-state index < -0.39 is 0 Å². The minimum atomic E-state index is 0.0323. The molecule has 0 heterocycles. The second-order valence-electron chi connectivity index (χ2n) is 5.99. The van der Waals surface area contributed by atoms with Crippen molar-refractivity contribution < 1.29 is 4.79 Å². The summed E-state index contributed by atoms with van der Waals surface area (Å²) in [6.07, 6.45) is 2.53. The average Bonchev–Trinajstić information content (AvgIpc) is 3.29. The summed E-state index contributed by atoms with van der Waals surface area (Å²) in [5, 5.41) is 3.10. The second kappa shape index (κ2) is 6.89. The van der Waals surface area contributed by atoms with Crippen LogP contribution in [0.1, 0.15) is 32.3 Å². The molecule has 0 saturated heterocycles. The number of nitrogens with zero attached hydrogens (tertiary/aromatic N) is 1. The van der Waals surface area contributed by atoms with Gasteiger partial charge in [-0.2, -0.15) is 0 Å². The Morgan fingerprint density at radius 3 is 2.50 bits per heavy atom. The van der Waals surface area contributed by atoms with E-state index in [1.807, 2.05) is 32.2 Å². The third-order valence-corrected chi connectivity index (χ3v) is 4.21. The quantitative estimate of drug-likeness (QED) is 0.829. The Balaban J connectivity index is 2.09. The van der Waals surface area contributed by atoms with Crippen LogP contribution < -0.4 is 5.32 Å². The zero-order chi connectivity index (χ0) is 14.5. The minimum absolute atomic E-state index is 0.0323. The molecule has 1 aliphatic rings. The molecule has 0 spiro atoms. The summed E-state index contributed by atoms with van der Waals surface area (Å²) in [7, 11) is 1.90. The van der Waals surface area contributed by atoms with Crippen molar-refractivity contribution in [3.63, 3.8) is 0 Å². The highest BCUT2D eigenvalue weighted by Crippen LogP contribution is 2.36. The second-order valence-corrected chi connectivity index (χ2v) is 5.99. The number of hydrogen-bond donors (Lipinski definition) is 1. The minimum Gasteiger partial charge on any atom is -0.335 e. The number of rotatable bonds is 7. The fourth-order valence-electron chi connectivity index (χ4n) is 2.71. The maximum atomic E-state index is 12.7. The van der Waals surface area contributed by atoms with Gasteiger partial charge in [0.05, 0.1) is 0 Å². The molecule has 1 aromatic rings. The Morgan fingerprint density at radius 2 is 1.95 bits per heavy atom. The highest BCUT2D eigenvalue weighted by molar-refractivity contribution is 5.79. The van der Waals surface area contributed by atoms with Crippen LogP contribution in [-0.4, -0.2) is 30.4 Å². The van der Waals surface area contributed by atoms with Gasteiger partial charge < -0.3 is 10.2 Å². The summed E-state index contributed by atoms with van der Waals surface area (Å²) in [4.78, 5) is 14.8. The van der Waals surface area contributed by atoms with Gasteiger partial charge in [0, 0.05) is 25.0 Å². The molecule has 1 aliphatic carbocycles. The molecule has 0 aromatic heterocycles. The van der Waals surface area contributed by atoms with Gasteiger partial charge in [-0.3, -0.25) is 4.79 Å². The fraction of sp³-hybridized carbons (Fsp3) is 0.588. The van der Waals surface area contributed by atoms with E-state index in [9.17, 15) is 4.79 Å².